The largest absolute Gasteiger partial charge is 0.465 e. The highest BCUT2D eigenvalue weighted by atomic mass is 35.5. The lowest BCUT2D eigenvalue weighted by atomic mass is 10.3. The first kappa shape index (κ1) is 11.9. The van der Waals surface area contributed by atoms with Gasteiger partial charge in [-0.05, 0) is 12.8 Å². The normalized spacial score (nSPS) is 14.5. The van der Waals surface area contributed by atoms with Gasteiger partial charge in [-0.3, -0.25) is 5.32 Å². The van der Waals surface area contributed by atoms with Crippen molar-refractivity contribution in [2.24, 2.45) is 0 Å². The van der Waals surface area contributed by atoms with E-state index in [1.165, 1.54) is 0 Å². The summed E-state index contributed by atoms with van der Waals surface area (Å²) < 4.78 is 0. The summed E-state index contributed by atoms with van der Waals surface area (Å²) in [6.07, 6.45) is 1.13. The van der Waals surface area contributed by atoms with E-state index in [1.54, 1.807) is 6.07 Å². The van der Waals surface area contributed by atoms with Gasteiger partial charge < -0.3 is 10.0 Å². The van der Waals surface area contributed by atoms with E-state index in [9.17, 15) is 4.79 Å². The number of rotatable bonds is 4. The zero-order valence-corrected chi connectivity index (χ0v) is 10.1. The molecule has 0 unspecified atom stereocenters. The molecule has 2 rings (SSSR count). The third-order valence-corrected chi connectivity index (χ3v) is 2.94. The van der Waals surface area contributed by atoms with Gasteiger partial charge in [-0.2, -0.15) is 5.10 Å². The summed E-state index contributed by atoms with van der Waals surface area (Å²) in [7, 11) is 1.95. The molecule has 1 amide bonds. The van der Waals surface area contributed by atoms with Crippen molar-refractivity contribution in [3.05, 3.63) is 11.8 Å². The van der Waals surface area contributed by atoms with Crippen LogP contribution in [0.1, 0.15) is 18.5 Å². The molecule has 1 saturated carbocycles. The van der Waals surface area contributed by atoms with E-state index < -0.39 is 6.09 Å². The topological polar surface area (TPSA) is 78.4 Å². The van der Waals surface area contributed by atoms with Crippen LogP contribution in [0.3, 0.4) is 0 Å². The van der Waals surface area contributed by atoms with Gasteiger partial charge in [-0.25, -0.2) is 4.79 Å². The summed E-state index contributed by atoms with van der Waals surface area (Å²) in [6.45, 7) is 0. The molecule has 1 fully saturated rings. The number of alkyl halides is 1. The molecule has 1 aromatic rings. The second-order valence-corrected chi connectivity index (χ2v) is 4.23. The van der Waals surface area contributed by atoms with Gasteiger partial charge in [-0.15, -0.1) is 16.7 Å². The zero-order valence-electron chi connectivity index (χ0n) is 9.35. The minimum atomic E-state index is -1.15. The SMILES string of the molecule is CN(c1cc(NC(=O)O)nnc1CCl)C1CC1. The number of hydrogen-bond acceptors (Lipinski definition) is 4. The summed E-state index contributed by atoms with van der Waals surface area (Å²) in [6, 6.07) is 2.16. The minimum absolute atomic E-state index is 0.217. The average molecular weight is 257 g/mol. The van der Waals surface area contributed by atoms with Crippen molar-refractivity contribution in [3.8, 4) is 0 Å². The smallest absolute Gasteiger partial charge is 0.410 e. The standard InChI is InChI=1S/C10H13ClN4O2/c1-15(6-2-3-6)8-4-9(12-10(16)17)14-13-7(8)5-11/h4,6H,2-3,5H2,1H3,(H,12,14)(H,16,17). The summed E-state index contributed by atoms with van der Waals surface area (Å²) in [5.74, 6) is 0.473. The van der Waals surface area contributed by atoms with Crippen LogP contribution in [0.4, 0.5) is 16.3 Å². The van der Waals surface area contributed by atoms with Gasteiger partial charge in [0.1, 0.15) is 5.69 Å². The van der Waals surface area contributed by atoms with Gasteiger partial charge in [0.15, 0.2) is 5.82 Å². The Morgan fingerprint density at radius 3 is 2.88 bits per heavy atom. The highest BCUT2D eigenvalue weighted by molar-refractivity contribution is 6.17. The lowest BCUT2D eigenvalue weighted by Gasteiger charge is -2.20. The van der Waals surface area contributed by atoms with Crippen LogP contribution in [0.15, 0.2) is 6.07 Å². The molecule has 17 heavy (non-hydrogen) atoms. The molecule has 0 bridgehead atoms. The predicted molar refractivity (Wildman–Crippen MR) is 64.7 cm³/mol. The first-order valence-corrected chi connectivity index (χ1v) is 5.80. The lowest BCUT2D eigenvalue weighted by Crippen LogP contribution is -2.22. The number of anilines is 2. The number of nitrogens with one attached hydrogen (secondary N) is 1. The van der Waals surface area contributed by atoms with E-state index in [-0.39, 0.29) is 11.7 Å². The van der Waals surface area contributed by atoms with E-state index >= 15 is 0 Å². The maximum absolute atomic E-state index is 10.5. The summed E-state index contributed by atoms with van der Waals surface area (Å²) in [4.78, 5) is 12.6. The Kier molecular flexibility index (Phi) is 3.33. The summed E-state index contributed by atoms with van der Waals surface area (Å²) >= 11 is 5.79. The van der Waals surface area contributed by atoms with Crippen molar-refractivity contribution in [1.29, 1.82) is 0 Å². The van der Waals surface area contributed by atoms with Crippen molar-refractivity contribution >= 4 is 29.2 Å². The molecule has 0 atom stereocenters. The summed E-state index contributed by atoms with van der Waals surface area (Å²) in [5, 5.41) is 18.5. The molecule has 6 nitrogen and oxygen atoms in total. The quantitative estimate of drug-likeness (QED) is 0.805. The first-order chi connectivity index (χ1) is 8.11. The highest BCUT2D eigenvalue weighted by Crippen LogP contribution is 2.32. The van der Waals surface area contributed by atoms with Gasteiger partial charge in [0.25, 0.3) is 0 Å². The number of nitrogens with zero attached hydrogens (tertiary/aromatic N) is 3. The van der Waals surface area contributed by atoms with Crippen molar-refractivity contribution in [1.82, 2.24) is 10.2 Å². The Bertz CT molecular complexity index is 436. The van der Waals surface area contributed by atoms with Crippen LogP contribution in [0.2, 0.25) is 0 Å². The van der Waals surface area contributed by atoms with Crippen LogP contribution in [0.25, 0.3) is 0 Å². The van der Waals surface area contributed by atoms with E-state index in [4.69, 9.17) is 16.7 Å². The molecular formula is C10H13ClN4O2. The third-order valence-electron chi connectivity index (χ3n) is 2.68. The van der Waals surface area contributed by atoms with E-state index in [2.05, 4.69) is 20.4 Å². The fourth-order valence-corrected chi connectivity index (χ4v) is 1.83. The van der Waals surface area contributed by atoms with Gasteiger partial charge in [-0.1, -0.05) is 0 Å². The van der Waals surface area contributed by atoms with Gasteiger partial charge in [0.2, 0.25) is 0 Å². The lowest BCUT2D eigenvalue weighted by molar-refractivity contribution is 0.209. The first-order valence-electron chi connectivity index (χ1n) is 5.27. The molecule has 1 heterocycles. The molecule has 0 radical (unpaired) electrons. The highest BCUT2D eigenvalue weighted by Gasteiger charge is 2.28. The number of aromatic nitrogens is 2. The minimum Gasteiger partial charge on any atom is -0.465 e. The van der Waals surface area contributed by atoms with Crippen LogP contribution in [0, 0.1) is 0 Å². The monoisotopic (exact) mass is 256 g/mol. The molecule has 0 saturated heterocycles. The zero-order chi connectivity index (χ0) is 12.4. The molecule has 1 aliphatic rings. The van der Waals surface area contributed by atoms with Crippen LogP contribution in [-0.4, -0.2) is 34.5 Å². The van der Waals surface area contributed by atoms with Crippen LogP contribution in [-0.2, 0) is 5.88 Å². The Hall–Kier alpha value is -1.56. The number of halogens is 1. The Morgan fingerprint density at radius 1 is 1.65 bits per heavy atom. The number of carboxylic acid groups (broad SMARTS) is 1. The maximum Gasteiger partial charge on any atom is 0.410 e. The third kappa shape index (κ3) is 2.76. The van der Waals surface area contributed by atoms with Crippen molar-refractivity contribution < 1.29 is 9.90 Å². The van der Waals surface area contributed by atoms with Crippen LogP contribution in [0.5, 0.6) is 0 Å². The molecule has 2 N–H and O–H groups in total. The van der Waals surface area contributed by atoms with Crippen molar-refractivity contribution in [2.75, 3.05) is 17.3 Å². The van der Waals surface area contributed by atoms with Crippen LogP contribution >= 0.6 is 11.6 Å². The van der Waals surface area contributed by atoms with Crippen LogP contribution < -0.4 is 10.2 Å². The molecule has 92 valence electrons. The van der Waals surface area contributed by atoms with Crippen molar-refractivity contribution in [3.63, 3.8) is 0 Å². The fraction of sp³-hybridized carbons (Fsp3) is 0.500. The molecule has 0 aromatic carbocycles. The Balaban J connectivity index is 2.28. The van der Waals surface area contributed by atoms with E-state index in [0.29, 0.717) is 11.7 Å². The molecule has 7 heteroatoms. The second-order valence-electron chi connectivity index (χ2n) is 3.97. The molecular weight excluding hydrogens is 244 g/mol. The Labute approximate surface area is 104 Å². The molecule has 0 spiro atoms. The second kappa shape index (κ2) is 4.75. The molecule has 1 aromatic heterocycles. The number of hydrogen-bond donors (Lipinski definition) is 2. The molecule has 1 aliphatic carbocycles. The maximum atomic E-state index is 10.5. The van der Waals surface area contributed by atoms with E-state index in [0.717, 1.165) is 18.5 Å². The van der Waals surface area contributed by atoms with Gasteiger partial charge >= 0.3 is 6.09 Å². The molecule has 0 aliphatic heterocycles. The van der Waals surface area contributed by atoms with Gasteiger partial charge in [0.05, 0.1) is 11.6 Å². The van der Waals surface area contributed by atoms with E-state index in [1.807, 2.05) is 7.05 Å². The number of carbonyl (C=O) groups is 1. The predicted octanol–water partition coefficient (Wildman–Crippen LogP) is 1.90. The van der Waals surface area contributed by atoms with Crippen molar-refractivity contribution in [2.45, 2.75) is 24.8 Å². The Morgan fingerprint density at radius 2 is 2.35 bits per heavy atom. The number of amides is 1. The summed E-state index contributed by atoms with van der Waals surface area (Å²) in [5.41, 5.74) is 1.50. The fourth-order valence-electron chi connectivity index (χ4n) is 1.64. The van der Waals surface area contributed by atoms with Gasteiger partial charge in [0, 0.05) is 19.2 Å². The average Bonchev–Trinajstić information content (AvgIpc) is 3.11.